The van der Waals surface area contributed by atoms with E-state index in [0.717, 1.165) is 14.7 Å². The topological polar surface area (TPSA) is 64.0 Å². The molecule has 1 heterocycles. The first-order chi connectivity index (χ1) is 12.4. The third-order valence-corrected chi connectivity index (χ3v) is 4.29. The van der Waals surface area contributed by atoms with Gasteiger partial charge in [-0.2, -0.15) is 9.78 Å². The van der Waals surface area contributed by atoms with E-state index in [1.807, 2.05) is 31.2 Å². The second-order valence-corrected chi connectivity index (χ2v) is 6.61. The van der Waals surface area contributed by atoms with Gasteiger partial charge in [0, 0.05) is 10.5 Å². The summed E-state index contributed by atoms with van der Waals surface area (Å²) in [6.45, 7) is 1.86. The Bertz CT molecular complexity index is 1000. The molecule has 0 bridgehead atoms. The van der Waals surface area contributed by atoms with Gasteiger partial charge in [0.1, 0.15) is 11.5 Å². The molecule has 0 fully saturated rings. The van der Waals surface area contributed by atoms with Crippen LogP contribution in [0.2, 0.25) is 0 Å². The predicted molar refractivity (Wildman–Crippen MR) is 99.8 cm³/mol. The maximum absolute atomic E-state index is 13.1. The molecule has 132 valence electrons. The molecule has 0 aliphatic rings. The fourth-order valence-corrected chi connectivity index (χ4v) is 2.85. The Morgan fingerprint density at radius 2 is 1.88 bits per heavy atom. The molecule has 3 aromatic rings. The molecule has 2 aromatic carbocycles. The van der Waals surface area contributed by atoms with Crippen molar-refractivity contribution >= 4 is 21.8 Å². The van der Waals surface area contributed by atoms with Gasteiger partial charge >= 0.3 is 0 Å². The number of aromatic nitrogens is 2. The van der Waals surface area contributed by atoms with Crippen molar-refractivity contribution < 1.29 is 9.18 Å². The number of amides is 1. The second-order valence-electron chi connectivity index (χ2n) is 5.70. The van der Waals surface area contributed by atoms with Crippen LogP contribution in [0, 0.1) is 5.82 Å². The normalized spacial score (nSPS) is 11.8. The van der Waals surface area contributed by atoms with Gasteiger partial charge in [-0.15, -0.1) is 0 Å². The summed E-state index contributed by atoms with van der Waals surface area (Å²) < 4.78 is 15.1. The minimum Gasteiger partial charge on any atom is -0.344 e. The van der Waals surface area contributed by atoms with Crippen molar-refractivity contribution in [3.63, 3.8) is 0 Å². The van der Waals surface area contributed by atoms with Crippen LogP contribution in [0.15, 0.2) is 69.9 Å². The van der Waals surface area contributed by atoms with E-state index in [9.17, 15) is 14.0 Å². The van der Waals surface area contributed by atoms with Crippen molar-refractivity contribution in [1.29, 1.82) is 0 Å². The molecule has 0 aliphatic carbocycles. The Balaban J connectivity index is 1.85. The Morgan fingerprint density at radius 1 is 1.15 bits per heavy atom. The minimum atomic E-state index is -0.418. The smallest absolute Gasteiger partial charge is 0.272 e. The molecule has 1 aromatic heterocycles. The van der Waals surface area contributed by atoms with Crippen molar-refractivity contribution in [2.24, 2.45) is 0 Å². The number of halogens is 2. The van der Waals surface area contributed by atoms with Crippen molar-refractivity contribution in [3.05, 3.63) is 92.6 Å². The van der Waals surface area contributed by atoms with Gasteiger partial charge in [-0.05, 0) is 55.0 Å². The van der Waals surface area contributed by atoms with E-state index in [2.05, 4.69) is 26.3 Å². The predicted octanol–water partition coefficient (Wildman–Crippen LogP) is 3.63. The Hall–Kier alpha value is -2.80. The van der Waals surface area contributed by atoms with Crippen LogP contribution < -0.4 is 10.9 Å². The van der Waals surface area contributed by atoms with E-state index in [0.29, 0.717) is 5.69 Å². The van der Waals surface area contributed by atoms with Gasteiger partial charge in [0.25, 0.3) is 11.5 Å². The van der Waals surface area contributed by atoms with Crippen molar-refractivity contribution in [3.8, 4) is 5.69 Å². The van der Waals surface area contributed by atoms with Crippen molar-refractivity contribution in [2.75, 3.05) is 0 Å². The summed E-state index contributed by atoms with van der Waals surface area (Å²) in [4.78, 5) is 24.5. The Kier molecular flexibility index (Phi) is 5.27. The highest BCUT2D eigenvalue weighted by molar-refractivity contribution is 9.10. The molecule has 7 heteroatoms. The van der Waals surface area contributed by atoms with Crippen molar-refractivity contribution in [1.82, 2.24) is 15.1 Å². The van der Waals surface area contributed by atoms with Crippen LogP contribution >= 0.6 is 15.9 Å². The molecule has 5 nitrogen and oxygen atoms in total. The third-order valence-electron chi connectivity index (χ3n) is 3.80. The van der Waals surface area contributed by atoms with E-state index in [-0.39, 0.29) is 11.7 Å². The fraction of sp³-hybridized carbons (Fsp3) is 0.105. The van der Waals surface area contributed by atoms with Crippen LogP contribution in [0.3, 0.4) is 0 Å². The van der Waals surface area contributed by atoms with Gasteiger partial charge in [0.2, 0.25) is 0 Å². The number of carbonyl (C=O) groups excluding carboxylic acids is 1. The van der Waals surface area contributed by atoms with Gasteiger partial charge in [-0.3, -0.25) is 9.59 Å². The molecule has 0 spiro atoms. The zero-order valence-corrected chi connectivity index (χ0v) is 15.4. The number of rotatable bonds is 4. The van der Waals surface area contributed by atoms with Gasteiger partial charge < -0.3 is 5.32 Å². The van der Waals surface area contributed by atoms with E-state index in [1.165, 1.54) is 36.4 Å². The van der Waals surface area contributed by atoms with Gasteiger partial charge in [0.15, 0.2) is 0 Å². The quantitative estimate of drug-likeness (QED) is 0.707. The number of nitrogens with one attached hydrogen (secondary N) is 1. The number of hydrogen-bond acceptors (Lipinski definition) is 3. The molecule has 0 radical (unpaired) electrons. The molecule has 0 saturated heterocycles. The molecule has 1 atom stereocenters. The summed E-state index contributed by atoms with van der Waals surface area (Å²) in [5, 5.41) is 6.95. The summed E-state index contributed by atoms with van der Waals surface area (Å²) in [6, 6.07) is 15.3. The highest BCUT2D eigenvalue weighted by atomic mass is 79.9. The molecular formula is C19H15BrFN3O2. The average Bonchev–Trinajstić information content (AvgIpc) is 2.63. The summed E-state index contributed by atoms with van der Waals surface area (Å²) in [5.41, 5.74) is 0.995. The van der Waals surface area contributed by atoms with E-state index in [4.69, 9.17) is 0 Å². The van der Waals surface area contributed by atoms with Gasteiger partial charge in [-0.1, -0.05) is 28.1 Å². The molecule has 26 heavy (non-hydrogen) atoms. The zero-order chi connectivity index (χ0) is 18.7. The number of benzene rings is 2. The number of carbonyl (C=O) groups is 1. The van der Waals surface area contributed by atoms with Crippen LogP contribution in [0.5, 0.6) is 0 Å². The Morgan fingerprint density at radius 3 is 2.58 bits per heavy atom. The maximum atomic E-state index is 13.1. The lowest BCUT2D eigenvalue weighted by Crippen LogP contribution is -2.30. The lowest BCUT2D eigenvalue weighted by Gasteiger charge is -2.15. The summed E-state index contributed by atoms with van der Waals surface area (Å²) in [6.07, 6.45) is 0. The average molecular weight is 416 g/mol. The molecule has 0 aliphatic heterocycles. The standard InChI is InChI=1S/C19H15BrFN3O2/c1-12(13-3-2-4-14(20)11-13)22-19(26)17-9-10-18(25)24(23-17)16-7-5-15(21)6-8-16/h2-12H,1H3,(H,22,26). The first-order valence-corrected chi connectivity index (χ1v) is 8.66. The summed E-state index contributed by atoms with van der Waals surface area (Å²) in [7, 11) is 0. The lowest BCUT2D eigenvalue weighted by atomic mass is 10.1. The molecule has 1 N–H and O–H groups in total. The highest BCUT2D eigenvalue weighted by Crippen LogP contribution is 2.18. The molecule has 3 rings (SSSR count). The first kappa shape index (κ1) is 18.0. The molecular weight excluding hydrogens is 401 g/mol. The summed E-state index contributed by atoms with van der Waals surface area (Å²) in [5.74, 6) is -0.827. The first-order valence-electron chi connectivity index (χ1n) is 7.87. The second kappa shape index (κ2) is 7.61. The van der Waals surface area contributed by atoms with Crippen LogP contribution in [-0.4, -0.2) is 15.7 Å². The largest absolute Gasteiger partial charge is 0.344 e. The SMILES string of the molecule is CC(NC(=O)c1ccc(=O)n(-c2ccc(F)cc2)n1)c1cccc(Br)c1. The third kappa shape index (κ3) is 4.05. The number of hydrogen-bond donors (Lipinski definition) is 1. The maximum Gasteiger partial charge on any atom is 0.272 e. The fourth-order valence-electron chi connectivity index (χ4n) is 2.43. The van der Waals surface area contributed by atoms with Gasteiger partial charge in [-0.25, -0.2) is 4.39 Å². The van der Waals surface area contributed by atoms with Gasteiger partial charge in [0.05, 0.1) is 11.7 Å². The van der Waals surface area contributed by atoms with Crippen molar-refractivity contribution in [2.45, 2.75) is 13.0 Å². The van der Waals surface area contributed by atoms with E-state index < -0.39 is 17.3 Å². The molecule has 1 amide bonds. The molecule has 0 saturated carbocycles. The lowest BCUT2D eigenvalue weighted by molar-refractivity contribution is 0.0933. The highest BCUT2D eigenvalue weighted by Gasteiger charge is 2.14. The molecule has 1 unspecified atom stereocenters. The van der Waals surface area contributed by atoms with E-state index >= 15 is 0 Å². The summed E-state index contributed by atoms with van der Waals surface area (Å²) >= 11 is 3.40. The zero-order valence-electron chi connectivity index (χ0n) is 13.8. The Labute approximate surface area is 157 Å². The monoisotopic (exact) mass is 415 g/mol. The minimum absolute atomic E-state index is 0.0933. The van der Waals surface area contributed by atoms with E-state index in [1.54, 1.807) is 0 Å². The van der Waals surface area contributed by atoms with Crippen LogP contribution in [-0.2, 0) is 0 Å². The van der Waals surface area contributed by atoms with Crippen LogP contribution in [0.25, 0.3) is 5.69 Å². The van der Waals surface area contributed by atoms with Crippen LogP contribution in [0.1, 0.15) is 29.0 Å². The van der Waals surface area contributed by atoms with Crippen LogP contribution in [0.4, 0.5) is 4.39 Å². The number of nitrogens with zero attached hydrogens (tertiary/aromatic N) is 2.